The van der Waals surface area contributed by atoms with Gasteiger partial charge in [-0.3, -0.25) is 0 Å². The summed E-state index contributed by atoms with van der Waals surface area (Å²) >= 11 is 1.56. The molecule has 6 heteroatoms. The van der Waals surface area contributed by atoms with Gasteiger partial charge in [-0.1, -0.05) is 91.0 Å². The molecule has 0 amide bonds. The Labute approximate surface area is 206 Å². The lowest BCUT2D eigenvalue weighted by molar-refractivity contribution is -0.240. The molecule has 5 nitrogen and oxygen atoms in total. The van der Waals surface area contributed by atoms with Crippen LogP contribution >= 0.6 is 11.8 Å². The number of rotatable bonds is 11. The molecule has 1 aliphatic rings. The molecule has 1 N–H and O–H groups in total. The third kappa shape index (κ3) is 6.92. The molecule has 1 aliphatic heterocycles. The van der Waals surface area contributed by atoms with Crippen molar-refractivity contribution in [2.75, 3.05) is 12.9 Å². The Kier molecular flexibility index (Phi) is 9.56. The highest BCUT2D eigenvalue weighted by Crippen LogP contribution is 2.32. The van der Waals surface area contributed by atoms with Gasteiger partial charge < -0.3 is 24.1 Å². The van der Waals surface area contributed by atoms with Crippen LogP contribution in [0.25, 0.3) is 0 Å². The molecular formula is C28H32O5S. The number of benzene rings is 3. The van der Waals surface area contributed by atoms with Crippen LogP contribution in [0, 0.1) is 0 Å². The average Bonchev–Trinajstić information content (AvgIpc) is 2.89. The fourth-order valence-electron chi connectivity index (χ4n) is 3.99. The Morgan fingerprint density at radius 3 is 1.68 bits per heavy atom. The number of aliphatic hydroxyl groups is 1. The SMILES string of the molecule is CS[C@@H]1O[C@H](COCc2ccccc2)[C@H](O)[C@H](OCc2ccccc2)[C@H]1OCc1ccccc1. The molecule has 3 aromatic rings. The van der Waals surface area contributed by atoms with Gasteiger partial charge in [-0.2, -0.15) is 0 Å². The molecule has 0 saturated carbocycles. The monoisotopic (exact) mass is 480 g/mol. The van der Waals surface area contributed by atoms with Crippen LogP contribution < -0.4 is 0 Å². The topological polar surface area (TPSA) is 57.2 Å². The molecule has 0 radical (unpaired) electrons. The van der Waals surface area contributed by atoms with E-state index in [1.807, 2.05) is 97.3 Å². The molecule has 4 rings (SSSR count). The fraction of sp³-hybridized carbons (Fsp3) is 0.357. The van der Waals surface area contributed by atoms with Gasteiger partial charge in [0.15, 0.2) is 0 Å². The first-order valence-electron chi connectivity index (χ1n) is 11.5. The van der Waals surface area contributed by atoms with Gasteiger partial charge in [0.2, 0.25) is 0 Å². The maximum Gasteiger partial charge on any atom is 0.132 e. The minimum Gasteiger partial charge on any atom is -0.387 e. The van der Waals surface area contributed by atoms with Gasteiger partial charge in [-0.15, -0.1) is 11.8 Å². The number of aliphatic hydroxyl groups excluding tert-OH is 1. The Hall–Kier alpha value is -2.19. The molecule has 34 heavy (non-hydrogen) atoms. The summed E-state index contributed by atoms with van der Waals surface area (Å²) < 4.78 is 24.7. The predicted molar refractivity (Wildman–Crippen MR) is 134 cm³/mol. The first kappa shape index (κ1) is 24.9. The first-order chi connectivity index (χ1) is 16.7. The normalized spacial score (nSPS) is 24.7. The van der Waals surface area contributed by atoms with E-state index in [1.54, 1.807) is 11.8 Å². The molecule has 180 valence electrons. The van der Waals surface area contributed by atoms with Crippen LogP contribution in [0.15, 0.2) is 91.0 Å². The molecule has 0 unspecified atom stereocenters. The van der Waals surface area contributed by atoms with E-state index < -0.39 is 24.4 Å². The van der Waals surface area contributed by atoms with E-state index in [-0.39, 0.29) is 12.0 Å². The van der Waals surface area contributed by atoms with E-state index in [4.69, 9.17) is 18.9 Å². The second-order valence-corrected chi connectivity index (χ2v) is 9.23. The molecular weight excluding hydrogens is 448 g/mol. The number of thioether (sulfide) groups is 1. The quantitative estimate of drug-likeness (QED) is 0.425. The van der Waals surface area contributed by atoms with Crippen molar-refractivity contribution in [2.45, 2.75) is 49.7 Å². The van der Waals surface area contributed by atoms with Gasteiger partial charge in [0.05, 0.1) is 26.4 Å². The fourth-order valence-corrected chi connectivity index (χ4v) is 4.74. The van der Waals surface area contributed by atoms with Gasteiger partial charge in [0.25, 0.3) is 0 Å². The summed E-state index contributed by atoms with van der Waals surface area (Å²) in [6, 6.07) is 29.9. The molecule has 0 bridgehead atoms. The first-order valence-corrected chi connectivity index (χ1v) is 12.8. The van der Waals surface area contributed by atoms with Crippen LogP contribution in [0.2, 0.25) is 0 Å². The van der Waals surface area contributed by atoms with E-state index in [9.17, 15) is 5.11 Å². The minimum atomic E-state index is -0.886. The molecule has 1 saturated heterocycles. The zero-order valence-corrected chi connectivity index (χ0v) is 20.2. The van der Waals surface area contributed by atoms with Crippen LogP contribution in [-0.2, 0) is 38.8 Å². The van der Waals surface area contributed by atoms with E-state index in [2.05, 4.69) is 0 Å². The van der Waals surface area contributed by atoms with Gasteiger partial charge in [-0.05, 0) is 22.9 Å². The molecule has 3 aromatic carbocycles. The Morgan fingerprint density at radius 2 is 1.18 bits per heavy atom. The van der Waals surface area contributed by atoms with Crippen molar-refractivity contribution in [3.8, 4) is 0 Å². The summed E-state index contributed by atoms with van der Waals surface area (Å²) in [6.45, 7) is 1.52. The third-order valence-electron chi connectivity index (χ3n) is 5.82. The Morgan fingerprint density at radius 1 is 0.706 bits per heavy atom. The van der Waals surface area contributed by atoms with Gasteiger partial charge in [0.1, 0.15) is 29.9 Å². The highest BCUT2D eigenvalue weighted by atomic mass is 32.2. The predicted octanol–water partition coefficient (Wildman–Crippen LogP) is 4.82. The van der Waals surface area contributed by atoms with Crippen molar-refractivity contribution in [2.24, 2.45) is 0 Å². The number of hydrogen-bond donors (Lipinski definition) is 1. The molecule has 1 heterocycles. The summed E-state index contributed by atoms with van der Waals surface area (Å²) in [5.41, 5.74) is 2.89. The highest BCUT2D eigenvalue weighted by molar-refractivity contribution is 7.99. The standard InChI is InChI=1S/C28H32O5S/c1-34-28-27(32-19-23-15-9-4-10-16-23)26(31-18-22-13-7-3-8-14-22)25(29)24(33-28)20-30-17-21-11-5-2-6-12-21/h2-16,24-29H,17-20H2,1H3/t24-,25+,26+,27-,28+/m1/s1. The van der Waals surface area contributed by atoms with Crippen molar-refractivity contribution in [3.05, 3.63) is 108 Å². The average molecular weight is 481 g/mol. The zero-order chi connectivity index (χ0) is 23.6. The summed E-state index contributed by atoms with van der Waals surface area (Å²) in [4.78, 5) is 0. The lowest BCUT2D eigenvalue weighted by atomic mass is 9.99. The van der Waals surface area contributed by atoms with Crippen LogP contribution in [0.3, 0.4) is 0 Å². The van der Waals surface area contributed by atoms with Gasteiger partial charge >= 0.3 is 0 Å². The maximum atomic E-state index is 11.3. The van der Waals surface area contributed by atoms with Crippen molar-refractivity contribution >= 4 is 11.8 Å². The summed E-state index contributed by atoms with van der Waals surface area (Å²) in [5, 5.41) is 11.3. The van der Waals surface area contributed by atoms with Crippen molar-refractivity contribution in [3.63, 3.8) is 0 Å². The van der Waals surface area contributed by atoms with E-state index in [0.717, 1.165) is 16.7 Å². The molecule has 5 atom stereocenters. The van der Waals surface area contributed by atoms with Gasteiger partial charge in [0, 0.05) is 0 Å². The van der Waals surface area contributed by atoms with Crippen LogP contribution in [0.5, 0.6) is 0 Å². The van der Waals surface area contributed by atoms with E-state index in [0.29, 0.717) is 19.8 Å². The van der Waals surface area contributed by atoms with E-state index in [1.165, 1.54) is 0 Å². The molecule has 1 fully saturated rings. The lowest BCUT2D eigenvalue weighted by Gasteiger charge is -2.44. The smallest absolute Gasteiger partial charge is 0.132 e. The van der Waals surface area contributed by atoms with Crippen LogP contribution in [-0.4, -0.2) is 47.8 Å². The lowest BCUT2D eigenvalue weighted by Crippen LogP contribution is -2.59. The Balaban J connectivity index is 1.44. The summed E-state index contributed by atoms with van der Waals surface area (Å²) in [7, 11) is 0. The minimum absolute atomic E-state index is 0.268. The second-order valence-electron chi connectivity index (χ2n) is 8.29. The summed E-state index contributed by atoms with van der Waals surface area (Å²) in [6.07, 6.45) is -0.404. The van der Waals surface area contributed by atoms with Crippen LogP contribution in [0.4, 0.5) is 0 Å². The maximum absolute atomic E-state index is 11.3. The van der Waals surface area contributed by atoms with Gasteiger partial charge in [-0.25, -0.2) is 0 Å². The van der Waals surface area contributed by atoms with Crippen molar-refractivity contribution in [1.82, 2.24) is 0 Å². The largest absolute Gasteiger partial charge is 0.387 e. The molecule has 0 aromatic heterocycles. The van der Waals surface area contributed by atoms with Crippen molar-refractivity contribution < 1.29 is 24.1 Å². The highest BCUT2D eigenvalue weighted by Gasteiger charge is 2.46. The molecule has 0 aliphatic carbocycles. The van der Waals surface area contributed by atoms with Crippen molar-refractivity contribution in [1.29, 1.82) is 0 Å². The zero-order valence-electron chi connectivity index (χ0n) is 19.4. The molecule has 0 spiro atoms. The number of hydrogen-bond acceptors (Lipinski definition) is 6. The Bertz CT molecular complexity index is 956. The van der Waals surface area contributed by atoms with E-state index >= 15 is 0 Å². The summed E-state index contributed by atoms with van der Waals surface area (Å²) in [5.74, 6) is 0. The third-order valence-corrected chi connectivity index (χ3v) is 6.66. The van der Waals surface area contributed by atoms with Crippen LogP contribution in [0.1, 0.15) is 16.7 Å². The second kappa shape index (κ2) is 13.0. The number of ether oxygens (including phenoxy) is 4.